The Hall–Kier alpha value is -0.650. The smallest absolute Gasteiger partial charge is 0.323 e. The minimum absolute atomic E-state index is 0.491. The zero-order valence-electron chi connectivity index (χ0n) is 12.6. The lowest BCUT2D eigenvalue weighted by atomic mass is 9.91. The molecule has 0 radical (unpaired) electrons. The van der Waals surface area contributed by atoms with Gasteiger partial charge in [0.1, 0.15) is 5.54 Å². The average molecular weight is 271 g/mol. The number of carbonyl (C=O) groups is 1. The van der Waals surface area contributed by atoms with Crippen molar-refractivity contribution >= 4 is 5.97 Å². The second kappa shape index (κ2) is 7.22. The lowest BCUT2D eigenvalue weighted by Crippen LogP contribution is -2.48. The number of carboxylic acid groups (broad SMARTS) is 1. The van der Waals surface area contributed by atoms with Crippen LogP contribution in [0.5, 0.6) is 0 Å². The van der Waals surface area contributed by atoms with Crippen LogP contribution in [0.15, 0.2) is 0 Å². The SMILES string of the molecule is CCC(N)(CCCN1CCC(N(C)C)CC1)C(=O)O. The molecule has 1 heterocycles. The van der Waals surface area contributed by atoms with Crippen LogP contribution in [0, 0.1) is 0 Å². The molecule has 0 amide bonds. The van der Waals surface area contributed by atoms with Gasteiger partial charge in [0.25, 0.3) is 0 Å². The highest BCUT2D eigenvalue weighted by Crippen LogP contribution is 2.18. The zero-order valence-corrected chi connectivity index (χ0v) is 12.6. The van der Waals surface area contributed by atoms with E-state index < -0.39 is 11.5 Å². The maximum absolute atomic E-state index is 11.1. The highest BCUT2D eigenvalue weighted by atomic mass is 16.4. The Morgan fingerprint density at radius 1 is 1.42 bits per heavy atom. The van der Waals surface area contributed by atoms with E-state index in [1.54, 1.807) is 0 Å². The number of hydrogen-bond acceptors (Lipinski definition) is 4. The van der Waals surface area contributed by atoms with E-state index in [1.807, 2.05) is 6.92 Å². The fourth-order valence-corrected chi connectivity index (χ4v) is 2.71. The van der Waals surface area contributed by atoms with E-state index in [-0.39, 0.29) is 0 Å². The standard InChI is InChI=1S/C14H29N3O2/c1-4-14(15,13(18)19)8-5-9-17-10-6-12(7-11-17)16(2)3/h12H,4-11,15H2,1-3H3,(H,18,19). The third-order valence-corrected chi connectivity index (χ3v) is 4.44. The molecule has 0 aromatic rings. The Bertz CT molecular complexity index is 288. The summed E-state index contributed by atoms with van der Waals surface area (Å²) in [4.78, 5) is 15.8. The predicted octanol–water partition coefficient (Wildman–Crippen LogP) is 0.985. The summed E-state index contributed by atoms with van der Waals surface area (Å²) in [5.74, 6) is -0.874. The summed E-state index contributed by atoms with van der Waals surface area (Å²) in [5.41, 5.74) is 4.85. The first-order valence-electron chi connectivity index (χ1n) is 7.30. The van der Waals surface area contributed by atoms with Gasteiger partial charge in [-0.15, -0.1) is 0 Å². The average Bonchev–Trinajstić information content (AvgIpc) is 2.38. The number of nitrogens with zero attached hydrogens (tertiary/aromatic N) is 2. The molecule has 1 saturated heterocycles. The third kappa shape index (κ3) is 4.75. The molecule has 5 nitrogen and oxygen atoms in total. The van der Waals surface area contributed by atoms with Gasteiger partial charge in [-0.05, 0) is 65.8 Å². The fraction of sp³-hybridized carbons (Fsp3) is 0.929. The van der Waals surface area contributed by atoms with E-state index in [9.17, 15) is 4.79 Å². The van der Waals surface area contributed by atoms with Crippen molar-refractivity contribution in [3.8, 4) is 0 Å². The number of rotatable bonds is 7. The predicted molar refractivity (Wildman–Crippen MR) is 77.2 cm³/mol. The molecule has 1 aliphatic heterocycles. The van der Waals surface area contributed by atoms with Crippen molar-refractivity contribution in [1.82, 2.24) is 9.80 Å². The molecule has 3 N–H and O–H groups in total. The Morgan fingerprint density at radius 3 is 2.42 bits per heavy atom. The van der Waals surface area contributed by atoms with Gasteiger partial charge >= 0.3 is 5.97 Å². The highest BCUT2D eigenvalue weighted by Gasteiger charge is 2.31. The van der Waals surface area contributed by atoms with Crippen LogP contribution >= 0.6 is 0 Å². The molecular formula is C14H29N3O2. The number of hydrogen-bond donors (Lipinski definition) is 2. The minimum Gasteiger partial charge on any atom is -0.480 e. The lowest BCUT2D eigenvalue weighted by Gasteiger charge is -2.35. The number of piperidine rings is 1. The van der Waals surface area contributed by atoms with Crippen molar-refractivity contribution in [3.63, 3.8) is 0 Å². The second-order valence-electron chi connectivity index (χ2n) is 5.95. The Labute approximate surface area is 116 Å². The van der Waals surface area contributed by atoms with E-state index in [0.717, 1.165) is 26.1 Å². The Morgan fingerprint density at radius 2 is 2.00 bits per heavy atom. The Balaban J connectivity index is 2.26. The van der Waals surface area contributed by atoms with E-state index >= 15 is 0 Å². The lowest BCUT2D eigenvalue weighted by molar-refractivity contribution is -0.143. The number of aliphatic carboxylic acids is 1. The van der Waals surface area contributed by atoms with Crippen LogP contribution in [0.4, 0.5) is 0 Å². The van der Waals surface area contributed by atoms with Crippen molar-refractivity contribution in [1.29, 1.82) is 0 Å². The third-order valence-electron chi connectivity index (χ3n) is 4.44. The maximum Gasteiger partial charge on any atom is 0.323 e. The molecule has 19 heavy (non-hydrogen) atoms. The van der Waals surface area contributed by atoms with Crippen molar-refractivity contribution in [2.45, 2.75) is 50.6 Å². The summed E-state index contributed by atoms with van der Waals surface area (Å²) < 4.78 is 0. The molecule has 0 aliphatic carbocycles. The molecule has 1 rings (SSSR count). The van der Waals surface area contributed by atoms with Gasteiger partial charge < -0.3 is 20.6 Å². The monoisotopic (exact) mass is 271 g/mol. The van der Waals surface area contributed by atoms with E-state index in [2.05, 4.69) is 23.9 Å². The molecule has 1 fully saturated rings. The molecule has 0 aromatic heterocycles. The van der Waals surface area contributed by atoms with Crippen LogP contribution in [0.25, 0.3) is 0 Å². The molecule has 1 unspecified atom stereocenters. The van der Waals surface area contributed by atoms with E-state index in [4.69, 9.17) is 10.8 Å². The van der Waals surface area contributed by atoms with Crippen molar-refractivity contribution in [3.05, 3.63) is 0 Å². The molecule has 0 aromatic carbocycles. The summed E-state index contributed by atoms with van der Waals surface area (Å²) >= 11 is 0. The molecule has 0 bridgehead atoms. The van der Waals surface area contributed by atoms with Crippen LogP contribution in [0.3, 0.4) is 0 Å². The van der Waals surface area contributed by atoms with Gasteiger partial charge in [-0.1, -0.05) is 6.92 Å². The van der Waals surface area contributed by atoms with Crippen LogP contribution in [-0.2, 0) is 4.79 Å². The number of likely N-dealkylation sites (tertiary alicyclic amines) is 1. The minimum atomic E-state index is -1.04. The van der Waals surface area contributed by atoms with E-state index in [1.165, 1.54) is 12.8 Å². The normalized spacial score (nSPS) is 21.5. The molecule has 0 saturated carbocycles. The van der Waals surface area contributed by atoms with Gasteiger partial charge in [0.05, 0.1) is 0 Å². The molecular weight excluding hydrogens is 242 g/mol. The van der Waals surface area contributed by atoms with Crippen molar-refractivity contribution in [2.24, 2.45) is 5.73 Å². The summed E-state index contributed by atoms with van der Waals surface area (Å²) in [6.07, 6.45) is 4.32. The molecule has 112 valence electrons. The van der Waals surface area contributed by atoms with Crippen LogP contribution in [0.2, 0.25) is 0 Å². The van der Waals surface area contributed by atoms with Gasteiger partial charge in [0, 0.05) is 6.04 Å². The summed E-state index contributed by atoms with van der Waals surface area (Å²) in [5, 5.41) is 9.12. The number of carboxylic acids is 1. The van der Waals surface area contributed by atoms with Crippen LogP contribution in [-0.4, -0.2) is 66.2 Å². The van der Waals surface area contributed by atoms with Crippen LogP contribution < -0.4 is 5.73 Å². The summed E-state index contributed by atoms with van der Waals surface area (Å²) in [6, 6.07) is 0.694. The number of nitrogens with two attached hydrogens (primary N) is 1. The van der Waals surface area contributed by atoms with Gasteiger partial charge in [-0.25, -0.2) is 0 Å². The molecule has 1 aliphatic rings. The first-order valence-corrected chi connectivity index (χ1v) is 7.30. The summed E-state index contributed by atoms with van der Waals surface area (Å²) in [6.45, 7) is 5.03. The quantitative estimate of drug-likeness (QED) is 0.722. The first-order chi connectivity index (χ1) is 8.89. The molecule has 5 heteroatoms. The first kappa shape index (κ1) is 16.4. The topological polar surface area (TPSA) is 69.8 Å². The van der Waals surface area contributed by atoms with Gasteiger partial charge in [-0.2, -0.15) is 0 Å². The highest BCUT2D eigenvalue weighted by molar-refractivity contribution is 5.78. The maximum atomic E-state index is 11.1. The fourth-order valence-electron chi connectivity index (χ4n) is 2.71. The van der Waals surface area contributed by atoms with Gasteiger partial charge in [0.2, 0.25) is 0 Å². The van der Waals surface area contributed by atoms with Crippen molar-refractivity contribution in [2.75, 3.05) is 33.7 Å². The largest absolute Gasteiger partial charge is 0.480 e. The van der Waals surface area contributed by atoms with E-state index in [0.29, 0.717) is 18.9 Å². The van der Waals surface area contributed by atoms with Gasteiger partial charge in [-0.3, -0.25) is 4.79 Å². The van der Waals surface area contributed by atoms with Crippen molar-refractivity contribution < 1.29 is 9.90 Å². The molecule has 1 atom stereocenters. The molecule has 0 spiro atoms. The van der Waals surface area contributed by atoms with Gasteiger partial charge in [0.15, 0.2) is 0 Å². The van der Waals surface area contributed by atoms with Crippen LogP contribution in [0.1, 0.15) is 39.0 Å². The second-order valence-corrected chi connectivity index (χ2v) is 5.95. The summed E-state index contributed by atoms with van der Waals surface area (Å²) in [7, 11) is 4.27. The Kier molecular flexibility index (Phi) is 6.23. The zero-order chi connectivity index (χ0) is 14.5.